The number of benzene rings is 1. The van der Waals surface area contributed by atoms with Crippen molar-refractivity contribution in [2.24, 2.45) is 0 Å². The van der Waals surface area contributed by atoms with Gasteiger partial charge in [-0.1, -0.05) is 12.1 Å². The molecule has 20 heavy (non-hydrogen) atoms. The summed E-state index contributed by atoms with van der Waals surface area (Å²) in [7, 11) is 4.01. The molecule has 0 aliphatic heterocycles. The molecular weight excluding hydrogens is 270 g/mol. The van der Waals surface area contributed by atoms with Crippen molar-refractivity contribution in [3.63, 3.8) is 0 Å². The molecule has 0 aliphatic carbocycles. The Kier molecular flexibility index (Phi) is 4.87. The van der Waals surface area contributed by atoms with Gasteiger partial charge in [-0.2, -0.15) is 0 Å². The third kappa shape index (κ3) is 4.43. The number of rotatable bonds is 5. The summed E-state index contributed by atoms with van der Waals surface area (Å²) in [6.07, 6.45) is 0.317. The van der Waals surface area contributed by atoms with Crippen LogP contribution in [0.25, 0.3) is 0 Å². The molecule has 1 aromatic carbocycles. The lowest BCUT2D eigenvalue weighted by Gasteiger charge is -2.05. The molecule has 2 rings (SSSR count). The number of carbonyl (C=O) groups excluding carboxylic acids is 1. The van der Waals surface area contributed by atoms with Crippen LogP contribution in [0.15, 0.2) is 29.6 Å². The van der Waals surface area contributed by atoms with E-state index in [-0.39, 0.29) is 5.91 Å². The van der Waals surface area contributed by atoms with Crippen molar-refractivity contribution in [1.82, 2.24) is 9.88 Å². The fourth-order valence-electron chi connectivity index (χ4n) is 1.87. The van der Waals surface area contributed by atoms with Crippen LogP contribution < -0.4 is 5.32 Å². The highest BCUT2D eigenvalue weighted by Gasteiger charge is 2.08. The van der Waals surface area contributed by atoms with Crippen molar-refractivity contribution in [1.29, 1.82) is 0 Å². The Morgan fingerprint density at radius 2 is 2.20 bits per heavy atom. The summed E-state index contributed by atoms with van der Waals surface area (Å²) in [5.74, 6) is -0.0303. The Balaban J connectivity index is 1.93. The van der Waals surface area contributed by atoms with Gasteiger partial charge in [-0.05, 0) is 38.7 Å². The van der Waals surface area contributed by atoms with Crippen LogP contribution in [0.1, 0.15) is 16.3 Å². The SMILES string of the molecule is Cc1cccc(NC(=O)Cc2csc(CN(C)C)n2)c1. The van der Waals surface area contributed by atoms with E-state index in [9.17, 15) is 4.79 Å². The predicted octanol–water partition coefficient (Wildman–Crippen LogP) is 2.69. The van der Waals surface area contributed by atoms with Gasteiger partial charge in [0.15, 0.2) is 0 Å². The van der Waals surface area contributed by atoms with Gasteiger partial charge >= 0.3 is 0 Å². The molecule has 0 unspecified atom stereocenters. The number of hydrogen-bond donors (Lipinski definition) is 1. The maximum absolute atomic E-state index is 12.0. The quantitative estimate of drug-likeness (QED) is 0.920. The minimum absolute atomic E-state index is 0.0303. The molecular formula is C15H19N3OS. The molecule has 0 atom stereocenters. The average Bonchev–Trinajstić information content (AvgIpc) is 2.75. The van der Waals surface area contributed by atoms with Gasteiger partial charge in [-0.15, -0.1) is 11.3 Å². The van der Waals surface area contributed by atoms with Gasteiger partial charge in [-0.3, -0.25) is 4.79 Å². The van der Waals surface area contributed by atoms with Gasteiger partial charge < -0.3 is 10.2 Å². The molecule has 1 amide bonds. The van der Waals surface area contributed by atoms with E-state index in [4.69, 9.17) is 0 Å². The second-order valence-electron chi connectivity index (χ2n) is 5.06. The van der Waals surface area contributed by atoms with Crippen LogP contribution in [-0.2, 0) is 17.8 Å². The first kappa shape index (κ1) is 14.7. The summed E-state index contributed by atoms with van der Waals surface area (Å²) in [6, 6.07) is 7.78. The fraction of sp³-hybridized carbons (Fsp3) is 0.333. The molecule has 4 nitrogen and oxygen atoms in total. The van der Waals surface area contributed by atoms with Crippen molar-refractivity contribution in [3.05, 3.63) is 45.9 Å². The molecule has 5 heteroatoms. The summed E-state index contributed by atoms with van der Waals surface area (Å²) >= 11 is 1.60. The normalized spacial score (nSPS) is 10.8. The first-order valence-corrected chi connectivity index (χ1v) is 7.35. The maximum atomic E-state index is 12.0. The second kappa shape index (κ2) is 6.63. The minimum atomic E-state index is -0.0303. The van der Waals surface area contributed by atoms with E-state index in [2.05, 4.69) is 15.2 Å². The summed E-state index contributed by atoms with van der Waals surface area (Å²) in [4.78, 5) is 18.5. The van der Waals surface area contributed by atoms with Crippen molar-refractivity contribution in [2.75, 3.05) is 19.4 Å². The molecule has 1 N–H and O–H groups in total. The first-order chi connectivity index (χ1) is 9.52. The second-order valence-corrected chi connectivity index (χ2v) is 6.01. The number of hydrogen-bond acceptors (Lipinski definition) is 4. The lowest BCUT2D eigenvalue weighted by atomic mass is 10.2. The van der Waals surface area contributed by atoms with Crippen molar-refractivity contribution >= 4 is 22.9 Å². The zero-order valence-electron chi connectivity index (χ0n) is 12.0. The van der Waals surface area contributed by atoms with Crippen molar-refractivity contribution in [3.8, 4) is 0 Å². The van der Waals surface area contributed by atoms with E-state index < -0.39 is 0 Å². The van der Waals surface area contributed by atoms with Crippen LogP contribution in [0.2, 0.25) is 0 Å². The first-order valence-electron chi connectivity index (χ1n) is 6.47. The van der Waals surface area contributed by atoms with E-state index >= 15 is 0 Å². The molecule has 0 bridgehead atoms. The Morgan fingerprint density at radius 3 is 2.90 bits per heavy atom. The van der Waals surface area contributed by atoms with Crippen molar-refractivity contribution < 1.29 is 4.79 Å². The molecule has 0 saturated heterocycles. The Hall–Kier alpha value is -1.72. The number of thiazole rings is 1. The highest BCUT2D eigenvalue weighted by molar-refractivity contribution is 7.09. The Labute approximate surface area is 123 Å². The number of amides is 1. The lowest BCUT2D eigenvalue weighted by Crippen LogP contribution is -2.15. The molecule has 1 aromatic heterocycles. The van der Waals surface area contributed by atoms with E-state index in [1.807, 2.05) is 50.7 Å². The van der Waals surface area contributed by atoms with Gasteiger partial charge in [0, 0.05) is 17.6 Å². The zero-order chi connectivity index (χ0) is 14.5. The van der Waals surface area contributed by atoms with Gasteiger partial charge in [0.05, 0.1) is 12.1 Å². The van der Waals surface area contributed by atoms with Crippen LogP contribution in [0.3, 0.4) is 0 Å². The number of aryl methyl sites for hydroxylation is 1. The zero-order valence-corrected chi connectivity index (χ0v) is 12.8. The van der Waals surface area contributed by atoms with E-state index in [0.717, 1.165) is 28.5 Å². The van der Waals surface area contributed by atoms with E-state index in [1.54, 1.807) is 11.3 Å². The molecule has 2 aromatic rings. The summed E-state index contributed by atoms with van der Waals surface area (Å²) in [5.41, 5.74) is 2.79. The van der Waals surface area contributed by atoms with Crippen LogP contribution in [0.4, 0.5) is 5.69 Å². The predicted molar refractivity (Wildman–Crippen MR) is 83.0 cm³/mol. The summed E-state index contributed by atoms with van der Waals surface area (Å²) < 4.78 is 0. The maximum Gasteiger partial charge on any atom is 0.230 e. The van der Waals surface area contributed by atoms with Crippen LogP contribution in [0.5, 0.6) is 0 Å². The third-order valence-corrected chi connectivity index (χ3v) is 3.58. The van der Waals surface area contributed by atoms with E-state index in [0.29, 0.717) is 6.42 Å². The van der Waals surface area contributed by atoms with Gasteiger partial charge in [-0.25, -0.2) is 4.98 Å². The Morgan fingerprint density at radius 1 is 1.40 bits per heavy atom. The number of aromatic nitrogens is 1. The minimum Gasteiger partial charge on any atom is -0.326 e. The lowest BCUT2D eigenvalue weighted by molar-refractivity contribution is -0.115. The van der Waals surface area contributed by atoms with Crippen molar-refractivity contribution in [2.45, 2.75) is 19.9 Å². The summed E-state index contributed by atoms with van der Waals surface area (Å²) in [5, 5.41) is 5.89. The third-order valence-electron chi connectivity index (χ3n) is 2.69. The summed E-state index contributed by atoms with van der Waals surface area (Å²) in [6.45, 7) is 2.81. The van der Waals surface area contributed by atoms with E-state index in [1.165, 1.54) is 0 Å². The Bertz CT molecular complexity index is 592. The highest BCUT2D eigenvalue weighted by atomic mass is 32.1. The smallest absolute Gasteiger partial charge is 0.230 e. The molecule has 0 saturated carbocycles. The fourth-order valence-corrected chi connectivity index (χ4v) is 2.78. The molecule has 0 fully saturated rings. The van der Waals surface area contributed by atoms with Crippen LogP contribution >= 0.6 is 11.3 Å². The molecule has 0 spiro atoms. The van der Waals surface area contributed by atoms with Crippen LogP contribution in [0, 0.1) is 6.92 Å². The number of anilines is 1. The number of carbonyl (C=O) groups is 1. The highest BCUT2D eigenvalue weighted by Crippen LogP contribution is 2.13. The average molecular weight is 289 g/mol. The number of nitrogens with zero attached hydrogens (tertiary/aromatic N) is 2. The molecule has 0 aliphatic rings. The standard InChI is InChI=1S/C15H19N3OS/c1-11-5-4-6-12(7-11)16-14(19)8-13-10-20-15(17-13)9-18(2)3/h4-7,10H,8-9H2,1-3H3,(H,16,19). The monoisotopic (exact) mass is 289 g/mol. The van der Waals surface area contributed by atoms with Gasteiger partial charge in [0.1, 0.15) is 5.01 Å². The van der Waals surface area contributed by atoms with Crippen LogP contribution in [-0.4, -0.2) is 29.9 Å². The molecule has 0 radical (unpaired) electrons. The topological polar surface area (TPSA) is 45.2 Å². The van der Waals surface area contributed by atoms with Gasteiger partial charge in [0.25, 0.3) is 0 Å². The largest absolute Gasteiger partial charge is 0.326 e. The molecule has 106 valence electrons. The van der Waals surface area contributed by atoms with Gasteiger partial charge in [0.2, 0.25) is 5.91 Å². The molecule has 1 heterocycles. The number of nitrogens with one attached hydrogen (secondary N) is 1.